The molecule has 1 fully saturated rings. The summed E-state index contributed by atoms with van der Waals surface area (Å²) in [6.07, 6.45) is 4.46. The summed E-state index contributed by atoms with van der Waals surface area (Å²) >= 11 is 1.46. The SMILES string of the molecule is O=C(Nc1nc2ccc(CN3CCOCC3)cc2s1)c1cnccn1. The summed E-state index contributed by atoms with van der Waals surface area (Å²) in [5, 5.41) is 3.35. The number of carbonyl (C=O) groups excluding carboxylic acids is 1. The lowest BCUT2D eigenvalue weighted by molar-refractivity contribution is 0.0342. The van der Waals surface area contributed by atoms with Crippen molar-refractivity contribution in [3.8, 4) is 0 Å². The van der Waals surface area contributed by atoms with Gasteiger partial charge in [0.1, 0.15) is 5.69 Å². The molecule has 3 heterocycles. The van der Waals surface area contributed by atoms with Gasteiger partial charge in [0.2, 0.25) is 0 Å². The Bertz CT molecular complexity index is 877. The van der Waals surface area contributed by atoms with Gasteiger partial charge in [0, 0.05) is 32.0 Å². The zero-order valence-corrected chi connectivity index (χ0v) is 14.3. The molecule has 1 amide bonds. The number of benzene rings is 1. The van der Waals surface area contributed by atoms with Crippen LogP contribution in [0.2, 0.25) is 0 Å². The Morgan fingerprint density at radius 2 is 2.16 bits per heavy atom. The van der Waals surface area contributed by atoms with Crippen molar-refractivity contribution in [3.05, 3.63) is 48.0 Å². The maximum Gasteiger partial charge on any atom is 0.277 e. The highest BCUT2D eigenvalue weighted by Crippen LogP contribution is 2.27. The molecule has 3 aromatic rings. The van der Waals surface area contributed by atoms with Gasteiger partial charge in [-0.1, -0.05) is 17.4 Å². The summed E-state index contributed by atoms with van der Waals surface area (Å²) < 4.78 is 6.44. The van der Waals surface area contributed by atoms with Crippen LogP contribution < -0.4 is 5.32 Å². The fourth-order valence-electron chi connectivity index (χ4n) is 2.72. The number of anilines is 1. The van der Waals surface area contributed by atoms with Gasteiger partial charge in [0.05, 0.1) is 29.6 Å². The van der Waals surface area contributed by atoms with Crippen LogP contribution in [-0.2, 0) is 11.3 Å². The van der Waals surface area contributed by atoms with Crippen LogP contribution in [0.15, 0.2) is 36.8 Å². The Morgan fingerprint density at radius 1 is 1.28 bits per heavy atom. The van der Waals surface area contributed by atoms with E-state index in [0.717, 1.165) is 43.1 Å². The number of carbonyl (C=O) groups is 1. The van der Waals surface area contributed by atoms with E-state index < -0.39 is 0 Å². The third-order valence-electron chi connectivity index (χ3n) is 3.98. The molecule has 1 aliphatic heterocycles. The summed E-state index contributed by atoms with van der Waals surface area (Å²) in [6.45, 7) is 4.40. The molecule has 0 aliphatic carbocycles. The van der Waals surface area contributed by atoms with Crippen molar-refractivity contribution in [1.29, 1.82) is 0 Å². The van der Waals surface area contributed by atoms with Gasteiger partial charge in [-0.25, -0.2) is 9.97 Å². The first-order valence-corrected chi connectivity index (χ1v) is 8.86. The molecule has 0 spiro atoms. The van der Waals surface area contributed by atoms with Gasteiger partial charge < -0.3 is 4.74 Å². The van der Waals surface area contributed by atoms with E-state index in [9.17, 15) is 4.79 Å². The minimum Gasteiger partial charge on any atom is -0.379 e. The number of nitrogens with one attached hydrogen (secondary N) is 1. The molecule has 2 aromatic heterocycles. The molecule has 1 N–H and O–H groups in total. The Kier molecular flexibility index (Phi) is 4.64. The van der Waals surface area contributed by atoms with E-state index in [0.29, 0.717) is 5.13 Å². The van der Waals surface area contributed by atoms with Crippen molar-refractivity contribution in [2.45, 2.75) is 6.54 Å². The average molecular weight is 355 g/mol. The minimum absolute atomic E-state index is 0.273. The molecule has 0 bridgehead atoms. The molecule has 0 unspecified atom stereocenters. The molecule has 1 saturated heterocycles. The van der Waals surface area contributed by atoms with E-state index in [1.54, 1.807) is 0 Å². The molecule has 7 nitrogen and oxygen atoms in total. The van der Waals surface area contributed by atoms with Crippen molar-refractivity contribution in [1.82, 2.24) is 19.9 Å². The van der Waals surface area contributed by atoms with Crippen LogP contribution in [0.4, 0.5) is 5.13 Å². The zero-order valence-electron chi connectivity index (χ0n) is 13.5. The number of fused-ring (bicyclic) bond motifs is 1. The van der Waals surface area contributed by atoms with Crippen LogP contribution in [0.3, 0.4) is 0 Å². The molecule has 0 saturated carbocycles. The Hall–Kier alpha value is -2.42. The van der Waals surface area contributed by atoms with Crippen molar-refractivity contribution in [3.63, 3.8) is 0 Å². The predicted octanol–water partition coefficient (Wildman–Crippen LogP) is 2.17. The smallest absolute Gasteiger partial charge is 0.277 e. The van der Waals surface area contributed by atoms with E-state index in [4.69, 9.17) is 4.74 Å². The van der Waals surface area contributed by atoms with Gasteiger partial charge in [0.15, 0.2) is 5.13 Å². The molecule has 25 heavy (non-hydrogen) atoms. The topological polar surface area (TPSA) is 80.2 Å². The quantitative estimate of drug-likeness (QED) is 0.773. The summed E-state index contributed by atoms with van der Waals surface area (Å²) in [5.74, 6) is -0.305. The van der Waals surface area contributed by atoms with Gasteiger partial charge in [-0.3, -0.25) is 20.0 Å². The Morgan fingerprint density at radius 3 is 2.96 bits per heavy atom. The van der Waals surface area contributed by atoms with Crippen LogP contribution in [-0.4, -0.2) is 52.1 Å². The first-order chi connectivity index (χ1) is 12.3. The van der Waals surface area contributed by atoms with Crippen LogP contribution in [0.25, 0.3) is 10.2 Å². The van der Waals surface area contributed by atoms with E-state index in [1.807, 2.05) is 6.07 Å². The predicted molar refractivity (Wildman–Crippen MR) is 95.7 cm³/mol. The lowest BCUT2D eigenvalue weighted by Crippen LogP contribution is -2.35. The maximum atomic E-state index is 12.2. The largest absolute Gasteiger partial charge is 0.379 e. The lowest BCUT2D eigenvalue weighted by atomic mass is 10.2. The van der Waals surface area contributed by atoms with Crippen LogP contribution in [0.5, 0.6) is 0 Å². The van der Waals surface area contributed by atoms with Crippen LogP contribution in [0.1, 0.15) is 16.1 Å². The number of thiazole rings is 1. The molecule has 4 rings (SSSR count). The van der Waals surface area contributed by atoms with Crippen molar-refractivity contribution < 1.29 is 9.53 Å². The first-order valence-electron chi connectivity index (χ1n) is 8.05. The third kappa shape index (κ3) is 3.81. The fraction of sp³-hybridized carbons (Fsp3) is 0.294. The number of rotatable bonds is 4. The summed E-state index contributed by atoms with van der Waals surface area (Å²) in [4.78, 5) is 26.9. The van der Waals surface area contributed by atoms with Gasteiger partial charge in [-0.05, 0) is 17.7 Å². The molecular weight excluding hydrogens is 338 g/mol. The van der Waals surface area contributed by atoms with E-state index in [-0.39, 0.29) is 11.6 Å². The second-order valence-electron chi connectivity index (χ2n) is 5.75. The monoisotopic (exact) mass is 355 g/mol. The molecular formula is C17H17N5O2S. The second kappa shape index (κ2) is 7.22. The number of aromatic nitrogens is 3. The van der Waals surface area contributed by atoms with E-state index in [1.165, 1.54) is 35.5 Å². The summed E-state index contributed by atoms with van der Waals surface area (Å²) in [7, 11) is 0. The van der Waals surface area contributed by atoms with Gasteiger partial charge in [-0.15, -0.1) is 0 Å². The van der Waals surface area contributed by atoms with Gasteiger partial charge in [-0.2, -0.15) is 0 Å². The summed E-state index contributed by atoms with van der Waals surface area (Å²) in [5.41, 5.74) is 2.39. The molecule has 1 aliphatic rings. The first kappa shape index (κ1) is 16.1. The molecule has 0 atom stereocenters. The number of morpholine rings is 1. The summed E-state index contributed by atoms with van der Waals surface area (Å²) in [6, 6.07) is 6.23. The van der Waals surface area contributed by atoms with Crippen LogP contribution in [0, 0.1) is 0 Å². The maximum absolute atomic E-state index is 12.2. The highest BCUT2D eigenvalue weighted by molar-refractivity contribution is 7.22. The van der Waals surface area contributed by atoms with Crippen molar-refractivity contribution >= 4 is 32.6 Å². The Labute approximate surface area is 148 Å². The third-order valence-corrected chi connectivity index (χ3v) is 4.91. The normalized spacial score (nSPS) is 15.4. The van der Waals surface area contributed by atoms with Crippen LogP contribution >= 0.6 is 11.3 Å². The number of amides is 1. The molecule has 128 valence electrons. The second-order valence-corrected chi connectivity index (χ2v) is 6.79. The number of hydrogen-bond acceptors (Lipinski definition) is 7. The van der Waals surface area contributed by atoms with Crippen molar-refractivity contribution in [2.24, 2.45) is 0 Å². The minimum atomic E-state index is -0.305. The number of nitrogens with zero attached hydrogens (tertiary/aromatic N) is 4. The highest BCUT2D eigenvalue weighted by Gasteiger charge is 2.13. The van der Waals surface area contributed by atoms with E-state index >= 15 is 0 Å². The van der Waals surface area contributed by atoms with Gasteiger partial charge in [0.25, 0.3) is 5.91 Å². The molecule has 8 heteroatoms. The fourth-order valence-corrected chi connectivity index (χ4v) is 3.64. The zero-order chi connectivity index (χ0) is 17.1. The molecule has 0 radical (unpaired) electrons. The van der Waals surface area contributed by atoms with Gasteiger partial charge >= 0.3 is 0 Å². The number of ether oxygens (including phenoxy) is 1. The van der Waals surface area contributed by atoms with E-state index in [2.05, 4.69) is 37.3 Å². The average Bonchev–Trinajstić information content (AvgIpc) is 3.05. The molecule has 1 aromatic carbocycles. The Balaban J connectivity index is 1.49. The standard InChI is InChI=1S/C17H17N5O2S/c23-16(14-10-18-3-4-19-14)21-17-20-13-2-1-12(9-15(13)25-17)11-22-5-7-24-8-6-22/h1-4,9-10H,5-8,11H2,(H,20,21,23). The lowest BCUT2D eigenvalue weighted by Gasteiger charge is -2.26. The van der Waals surface area contributed by atoms with Crippen molar-refractivity contribution in [2.75, 3.05) is 31.6 Å². The highest BCUT2D eigenvalue weighted by atomic mass is 32.1. The number of hydrogen-bond donors (Lipinski definition) is 1.